The predicted octanol–water partition coefficient (Wildman–Crippen LogP) is 1.22. The number of anilines is 4. The van der Waals surface area contributed by atoms with Crippen LogP contribution in [0.5, 0.6) is 0 Å². The lowest BCUT2D eigenvalue weighted by atomic mass is 10.2. The van der Waals surface area contributed by atoms with Gasteiger partial charge in [0.1, 0.15) is 5.69 Å². The summed E-state index contributed by atoms with van der Waals surface area (Å²) in [6, 6.07) is 3.77. The molecule has 0 bridgehead atoms. The number of hydrogen-bond donors (Lipinski definition) is 1. The summed E-state index contributed by atoms with van der Waals surface area (Å²) in [4.78, 5) is 23.9. The molecule has 1 N–H and O–H groups in total. The molecular weight excluding hydrogens is 430 g/mol. The van der Waals surface area contributed by atoms with Crippen LogP contribution in [0, 0.1) is 0 Å². The van der Waals surface area contributed by atoms with Gasteiger partial charge in [-0.3, -0.25) is 4.79 Å². The van der Waals surface area contributed by atoms with E-state index < -0.39 is 19.7 Å². The van der Waals surface area contributed by atoms with Crippen LogP contribution in [0.1, 0.15) is 13.8 Å². The van der Waals surface area contributed by atoms with E-state index in [1.807, 2.05) is 18.7 Å². The average Bonchev–Trinajstić information content (AvgIpc) is 2.62. The van der Waals surface area contributed by atoms with E-state index in [1.165, 1.54) is 23.2 Å². The highest BCUT2D eigenvalue weighted by atomic mass is 32.2. The minimum absolute atomic E-state index is 0.00884. The van der Waals surface area contributed by atoms with Crippen molar-refractivity contribution in [3.63, 3.8) is 0 Å². The minimum atomic E-state index is -3.65. The van der Waals surface area contributed by atoms with Crippen molar-refractivity contribution in [3.05, 3.63) is 24.4 Å². The molecule has 0 spiro atoms. The second-order valence-electron chi connectivity index (χ2n) is 7.44. The number of fused-ring (bicyclic) bond motifs is 1. The largest absolute Gasteiger partial charge is 0.343 e. The summed E-state index contributed by atoms with van der Waals surface area (Å²) in [5, 5.41) is 2.88. The minimum Gasteiger partial charge on any atom is -0.343 e. The lowest BCUT2D eigenvalue weighted by molar-refractivity contribution is -0.117. The Morgan fingerprint density at radius 1 is 1.03 bits per heavy atom. The zero-order chi connectivity index (χ0) is 22.4. The van der Waals surface area contributed by atoms with E-state index in [0.29, 0.717) is 11.5 Å². The van der Waals surface area contributed by atoms with E-state index in [-0.39, 0.29) is 39.9 Å². The molecule has 0 saturated heterocycles. The van der Waals surface area contributed by atoms with Crippen LogP contribution in [-0.2, 0) is 24.5 Å². The summed E-state index contributed by atoms with van der Waals surface area (Å²) in [7, 11) is -5.65. The molecule has 1 aliphatic rings. The van der Waals surface area contributed by atoms with Gasteiger partial charge in [-0.25, -0.2) is 21.8 Å². The Balaban J connectivity index is 2.07. The number of carbonyl (C=O) groups is 1. The fraction of sp³-hybridized carbons (Fsp3) is 0.389. The number of aromatic nitrogens is 2. The number of sulfone groups is 2. The first-order chi connectivity index (χ1) is 13.8. The average molecular weight is 454 g/mol. The van der Waals surface area contributed by atoms with Crippen LogP contribution in [-0.4, -0.2) is 64.9 Å². The second-order valence-corrected chi connectivity index (χ2v) is 11.5. The third kappa shape index (κ3) is 4.38. The van der Waals surface area contributed by atoms with Gasteiger partial charge in [0.15, 0.2) is 25.5 Å². The molecule has 0 radical (unpaired) electrons. The van der Waals surface area contributed by atoms with E-state index in [1.54, 1.807) is 7.05 Å². The highest BCUT2D eigenvalue weighted by Gasteiger charge is 2.30. The first-order valence-corrected chi connectivity index (χ1v) is 12.8. The van der Waals surface area contributed by atoms with Gasteiger partial charge in [-0.05, 0) is 32.0 Å². The van der Waals surface area contributed by atoms with Gasteiger partial charge < -0.3 is 15.1 Å². The molecule has 30 heavy (non-hydrogen) atoms. The van der Waals surface area contributed by atoms with Gasteiger partial charge in [0.25, 0.3) is 0 Å². The summed E-state index contributed by atoms with van der Waals surface area (Å²) in [6.45, 7) is 4.04. The van der Waals surface area contributed by atoms with Crippen LogP contribution in [0.4, 0.5) is 23.1 Å². The summed E-state index contributed by atoms with van der Waals surface area (Å²) in [6.07, 6.45) is 3.50. The maximum Gasteiger partial charge on any atom is 0.246 e. The van der Waals surface area contributed by atoms with E-state index >= 15 is 0 Å². The highest BCUT2D eigenvalue weighted by Crippen LogP contribution is 2.33. The van der Waals surface area contributed by atoms with Crippen molar-refractivity contribution in [2.24, 2.45) is 0 Å². The fourth-order valence-electron chi connectivity index (χ4n) is 2.96. The number of carbonyl (C=O) groups excluding carboxylic acids is 1. The SMILES string of the molecule is CC(C)N1CC(=O)N(C)c2cnc(Nc3cc(S(C)(=O)=O)cc(S(C)(=O)=O)c3)nc21. The number of amides is 1. The quantitative estimate of drug-likeness (QED) is 0.710. The Hall–Kier alpha value is -2.73. The molecule has 1 aromatic heterocycles. The lowest BCUT2D eigenvalue weighted by Crippen LogP contribution is -2.47. The topological polar surface area (TPSA) is 130 Å². The normalized spacial score (nSPS) is 14.8. The maximum absolute atomic E-state index is 12.2. The maximum atomic E-state index is 12.2. The number of benzene rings is 1. The first kappa shape index (κ1) is 22.0. The van der Waals surface area contributed by atoms with Crippen LogP contribution < -0.4 is 15.1 Å². The summed E-state index contributed by atoms with van der Waals surface area (Å²) < 4.78 is 48.0. The van der Waals surface area contributed by atoms with Crippen LogP contribution >= 0.6 is 0 Å². The van der Waals surface area contributed by atoms with Gasteiger partial charge in [0, 0.05) is 31.3 Å². The van der Waals surface area contributed by atoms with E-state index in [4.69, 9.17) is 0 Å². The molecule has 10 nitrogen and oxygen atoms in total. The standard InChI is InChI=1S/C18H23N5O5S2/c1-11(2)23-10-16(24)22(3)15-9-19-18(21-17(15)23)20-12-6-13(29(4,25)26)8-14(7-12)30(5,27)28/h6-9,11H,10H2,1-5H3,(H,19,20,21). The van der Waals surface area contributed by atoms with Crippen LogP contribution in [0.15, 0.2) is 34.2 Å². The van der Waals surface area contributed by atoms with Crippen molar-refractivity contribution in [1.82, 2.24) is 9.97 Å². The zero-order valence-electron chi connectivity index (χ0n) is 17.2. The summed E-state index contributed by atoms with van der Waals surface area (Å²) in [5.74, 6) is 0.610. The molecular formula is C18H23N5O5S2. The van der Waals surface area contributed by atoms with Gasteiger partial charge in [-0.2, -0.15) is 4.98 Å². The highest BCUT2D eigenvalue weighted by molar-refractivity contribution is 7.91. The molecule has 1 aliphatic heterocycles. The molecule has 0 aliphatic carbocycles. The third-order valence-electron chi connectivity index (χ3n) is 4.68. The summed E-state index contributed by atoms with van der Waals surface area (Å²) >= 11 is 0. The molecule has 0 atom stereocenters. The third-order valence-corrected chi connectivity index (χ3v) is 6.86. The van der Waals surface area contributed by atoms with Crippen molar-refractivity contribution in [2.45, 2.75) is 29.7 Å². The van der Waals surface area contributed by atoms with Crippen LogP contribution in [0.2, 0.25) is 0 Å². The Bertz CT molecular complexity index is 1180. The van der Waals surface area contributed by atoms with Gasteiger partial charge in [0.05, 0.1) is 22.5 Å². The molecule has 0 fully saturated rings. The Labute approximate surface area is 175 Å². The van der Waals surface area contributed by atoms with Crippen molar-refractivity contribution in [2.75, 3.05) is 41.2 Å². The van der Waals surface area contributed by atoms with E-state index in [2.05, 4.69) is 15.3 Å². The Morgan fingerprint density at radius 3 is 2.10 bits per heavy atom. The molecule has 0 unspecified atom stereocenters. The second kappa shape index (κ2) is 7.51. The molecule has 3 rings (SSSR count). The first-order valence-electron chi connectivity index (χ1n) is 9.00. The lowest BCUT2D eigenvalue weighted by Gasteiger charge is -2.36. The molecule has 162 valence electrons. The van der Waals surface area contributed by atoms with Crippen molar-refractivity contribution in [3.8, 4) is 0 Å². The van der Waals surface area contributed by atoms with Crippen LogP contribution in [0.25, 0.3) is 0 Å². The zero-order valence-corrected chi connectivity index (χ0v) is 18.9. The number of nitrogens with zero attached hydrogens (tertiary/aromatic N) is 4. The number of nitrogens with one attached hydrogen (secondary N) is 1. The van der Waals surface area contributed by atoms with Gasteiger partial charge in [-0.15, -0.1) is 0 Å². The van der Waals surface area contributed by atoms with Crippen molar-refractivity contribution >= 4 is 48.7 Å². The van der Waals surface area contributed by atoms with Gasteiger partial charge in [0.2, 0.25) is 11.9 Å². The molecule has 2 aromatic rings. The molecule has 0 saturated carbocycles. The van der Waals surface area contributed by atoms with E-state index in [0.717, 1.165) is 18.6 Å². The smallest absolute Gasteiger partial charge is 0.246 e. The molecule has 1 aromatic carbocycles. The Morgan fingerprint density at radius 2 is 1.60 bits per heavy atom. The van der Waals surface area contributed by atoms with Crippen LogP contribution in [0.3, 0.4) is 0 Å². The van der Waals surface area contributed by atoms with Gasteiger partial charge in [-0.1, -0.05) is 0 Å². The van der Waals surface area contributed by atoms with Crippen molar-refractivity contribution < 1.29 is 21.6 Å². The number of rotatable bonds is 5. The summed E-state index contributed by atoms with van der Waals surface area (Å²) in [5.41, 5.74) is 0.766. The van der Waals surface area contributed by atoms with Crippen molar-refractivity contribution in [1.29, 1.82) is 0 Å². The molecule has 12 heteroatoms. The number of likely N-dealkylation sites (N-methyl/N-ethyl adjacent to an activating group) is 1. The monoisotopic (exact) mass is 453 g/mol. The Kier molecular flexibility index (Phi) is 5.50. The number of hydrogen-bond acceptors (Lipinski definition) is 9. The van der Waals surface area contributed by atoms with E-state index in [9.17, 15) is 21.6 Å². The van der Waals surface area contributed by atoms with Gasteiger partial charge >= 0.3 is 0 Å². The molecule has 2 heterocycles. The molecule has 1 amide bonds. The predicted molar refractivity (Wildman–Crippen MR) is 114 cm³/mol. The fourth-order valence-corrected chi connectivity index (χ4v) is 4.40.